The Labute approximate surface area is 149 Å². The lowest BCUT2D eigenvalue weighted by Gasteiger charge is -2.08. The Morgan fingerprint density at radius 2 is 1.75 bits per heavy atom. The van der Waals surface area contributed by atoms with E-state index in [2.05, 4.69) is 11.1 Å². The van der Waals surface area contributed by atoms with Crippen LogP contribution in [0.4, 0.5) is 0 Å². The number of rotatable bonds is 3. The van der Waals surface area contributed by atoms with Crippen LogP contribution in [0.1, 0.15) is 16.7 Å². The molecule has 0 bridgehead atoms. The molecule has 0 aliphatic rings. The quantitative estimate of drug-likeness (QED) is 0.733. The molecule has 0 aliphatic heterocycles. The smallest absolute Gasteiger partial charge is 0.252 e. The first-order valence-electron chi connectivity index (χ1n) is 7.24. The van der Waals surface area contributed by atoms with Crippen LogP contribution in [0.25, 0.3) is 11.3 Å². The van der Waals surface area contributed by atoms with Gasteiger partial charge in [-0.05, 0) is 29.3 Å². The van der Waals surface area contributed by atoms with E-state index in [1.807, 2.05) is 36.4 Å². The molecule has 118 valence electrons. The normalized spacial score (nSPS) is 10.4. The molecule has 0 saturated carbocycles. The highest BCUT2D eigenvalue weighted by molar-refractivity contribution is 6.42. The van der Waals surface area contributed by atoms with Crippen LogP contribution in [0.3, 0.4) is 0 Å². The lowest BCUT2D eigenvalue weighted by Crippen LogP contribution is -2.15. The van der Waals surface area contributed by atoms with Gasteiger partial charge < -0.3 is 4.98 Å². The molecule has 24 heavy (non-hydrogen) atoms. The number of pyridine rings is 1. The number of nitriles is 1. The molecule has 0 amide bonds. The third-order valence-corrected chi connectivity index (χ3v) is 4.42. The van der Waals surface area contributed by atoms with Gasteiger partial charge in [-0.25, -0.2) is 0 Å². The first-order valence-corrected chi connectivity index (χ1v) is 7.99. The minimum atomic E-state index is -0.223. The third kappa shape index (κ3) is 3.35. The number of halogens is 2. The van der Waals surface area contributed by atoms with Crippen LogP contribution in [0, 0.1) is 11.3 Å². The molecule has 1 N–H and O–H groups in total. The summed E-state index contributed by atoms with van der Waals surface area (Å²) >= 11 is 11.9. The SMILES string of the molecule is N#Cc1cc(Cc2ccc(Cl)c(Cl)c2)c(=O)[nH]c1-c1ccccc1. The molecular formula is C19H12Cl2N2O. The van der Waals surface area contributed by atoms with Crippen LogP contribution in [-0.4, -0.2) is 4.98 Å². The van der Waals surface area contributed by atoms with Gasteiger partial charge in [-0.15, -0.1) is 0 Å². The minimum absolute atomic E-state index is 0.223. The molecular weight excluding hydrogens is 343 g/mol. The third-order valence-electron chi connectivity index (χ3n) is 3.68. The van der Waals surface area contributed by atoms with Crippen molar-refractivity contribution in [1.29, 1.82) is 5.26 Å². The number of hydrogen-bond donors (Lipinski definition) is 1. The van der Waals surface area contributed by atoms with Gasteiger partial charge in [0.05, 0.1) is 21.3 Å². The molecule has 0 fully saturated rings. The second-order valence-electron chi connectivity index (χ2n) is 5.32. The Hall–Kier alpha value is -2.54. The summed E-state index contributed by atoms with van der Waals surface area (Å²) in [5, 5.41) is 10.3. The maximum Gasteiger partial charge on any atom is 0.252 e. The van der Waals surface area contributed by atoms with Crippen LogP contribution in [0.5, 0.6) is 0 Å². The van der Waals surface area contributed by atoms with Crippen molar-refractivity contribution < 1.29 is 0 Å². The highest BCUT2D eigenvalue weighted by Gasteiger charge is 2.11. The topological polar surface area (TPSA) is 56.6 Å². The number of aromatic amines is 1. The average molecular weight is 355 g/mol. The van der Waals surface area contributed by atoms with Crippen molar-refractivity contribution in [3.05, 3.63) is 91.7 Å². The number of aromatic nitrogens is 1. The lowest BCUT2D eigenvalue weighted by atomic mass is 10.0. The fraction of sp³-hybridized carbons (Fsp3) is 0.0526. The van der Waals surface area contributed by atoms with Crippen molar-refractivity contribution in [2.75, 3.05) is 0 Å². The summed E-state index contributed by atoms with van der Waals surface area (Å²) < 4.78 is 0. The summed E-state index contributed by atoms with van der Waals surface area (Å²) in [4.78, 5) is 15.2. The molecule has 1 heterocycles. The maximum absolute atomic E-state index is 12.4. The van der Waals surface area contributed by atoms with Gasteiger partial charge in [-0.3, -0.25) is 4.79 Å². The van der Waals surface area contributed by atoms with Gasteiger partial charge in [0.25, 0.3) is 5.56 Å². The van der Waals surface area contributed by atoms with E-state index in [0.717, 1.165) is 11.1 Å². The highest BCUT2D eigenvalue weighted by atomic mass is 35.5. The predicted molar refractivity (Wildman–Crippen MR) is 96.5 cm³/mol. The molecule has 0 spiro atoms. The Balaban J connectivity index is 2.03. The monoisotopic (exact) mass is 354 g/mol. The van der Waals surface area contributed by atoms with Gasteiger partial charge in [-0.1, -0.05) is 59.6 Å². The molecule has 2 aromatic carbocycles. The van der Waals surface area contributed by atoms with Crippen molar-refractivity contribution in [1.82, 2.24) is 4.98 Å². The van der Waals surface area contributed by atoms with Gasteiger partial charge in [-0.2, -0.15) is 5.26 Å². The Morgan fingerprint density at radius 3 is 2.42 bits per heavy atom. The summed E-state index contributed by atoms with van der Waals surface area (Å²) in [5.41, 5.74) is 2.89. The molecule has 0 saturated heterocycles. The Morgan fingerprint density at radius 1 is 1.00 bits per heavy atom. The molecule has 5 heteroatoms. The molecule has 3 rings (SSSR count). The van der Waals surface area contributed by atoms with Crippen molar-refractivity contribution in [2.45, 2.75) is 6.42 Å². The Bertz CT molecular complexity index is 988. The molecule has 0 atom stereocenters. The van der Waals surface area contributed by atoms with E-state index in [0.29, 0.717) is 33.3 Å². The summed E-state index contributed by atoms with van der Waals surface area (Å²) in [6.07, 6.45) is 0.371. The number of nitrogens with zero attached hydrogens (tertiary/aromatic N) is 1. The molecule has 3 nitrogen and oxygen atoms in total. The van der Waals surface area contributed by atoms with E-state index in [-0.39, 0.29) is 5.56 Å². The van der Waals surface area contributed by atoms with Crippen molar-refractivity contribution in [3.63, 3.8) is 0 Å². The zero-order valence-electron chi connectivity index (χ0n) is 12.5. The van der Waals surface area contributed by atoms with Gasteiger partial charge in [0.2, 0.25) is 0 Å². The number of benzene rings is 2. The Kier molecular flexibility index (Phi) is 4.71. The maximum atomic E-state index is 12.4. The molecule has 0 radical (unpaired) electrons. The average Bonchev–Trinajstić information content (AvgIpc) is 2.60. The van der Waals surface area contributed by atoms with Crippen LogP contribution < -0.4 is 5.56 Å². The van der Waals surface area contributed by atoms with Crippen LogP contribution in [0.15, 0.2) is 59.4 Å². The number of nitrogens with one attached hydrogen (secondary N) is 1. The van der Waals surface area contributed by atoms with Crippen LogP contribution in [0.2, 0.25) is 10.0 Å². The highest BCUT2D eigenvalue weighted by Crippen LogP contribution is 2.24. The first-order chi connectivity index (χ1) is 11.6. The van der Waals surface area contributed by atoms with Gasteiger partial charge in [0, 0.05) is 12.0 Å². The summed E-state index contributed by atoms with van der Waals surface area (Å²) in [5.74, 6) is 0. The standard InChI is InChI=1S/C19H12Cl2N2O/c20-16-7-6-12(9-17(16)21)8-14-10-15(11-22)18(23-19(14)24)13-4-2-1-3-5-13/h1-7,9-10H,8H2,(H,23,24). The zero-order chi connectivity index (χ0) is 17.1. The van der Waals surface area contributed by atoms with E-state index >= 15 is 0 Å². The van der Waals surface area contributed by atoms with Crippen molar-refractivity contribution >= 4 is 23.2 Å². The van der Waals surface area contributed by atoms with E-state index in [1.54, 1.807) is 18.2 Å². The first kappa shape index (κ1) is 16.3. The second kappa shape index (κ2) is 6.92. The summed E-state index contributed by atoms with van der Waals surface area (Å²) in [6, 6.07) is 18.3. The molecule has 3 aromatic rings. The predicted octanol–water partition coefficient (Wildman–Crippen LogP) is 4.81. The van der Waals surface area contributed by atoms with E-state index < -0.39 is 0 Å². The van der Waals surface area contributed by atoms with Crippen molar-refractivity contribution in [2.24, 2.45) is 0 Å². The van der Waals surface area contributed by atoms with E-state index in [9.17, 15) is 10.1 Å². The fourth-order valence-corrected chi connectivity index (χ4v) is 2.82. The second-order valence-corrected chi connectivity index (χ2v) is 6.13. The molecule has 1 aromatic heterocycles. The van der Waals surface area contributed by atoms with Crippen LogP contribution in [-0.2, 0) is 6.42 Å². The van der Waals surface area contributed by atoms with Gasteiger partial charge >= 0.3 is 0 Å². The van der Waals surface area contributed by atoms with Crippen molar-refractivity contribution in [3.8, 4) is 17.3 Å². The summed E-state index contributed by atoms with van der Waals surface area (Å²) in [6.45, 7) is 0. The molecule has 0 aliphatic carbocycles. The van der Waals surface area contributed by atoms with Crippen LogP contribution >= 0.6 is 23.2 Å². The van der Waals surface area contributed by atoms with E-state index in [4.69, 9.17) is 23.2 Å². The summed E-state index contributed by atoms with van der Waals surface area (Å²) in [7, 11) is 0. The lowest BCUT2D eigenvalue weighted by molar-refractivity contribution is 1.09. The number of H-pyrrole nitrogens is 1. The number of hydrogen-bond acceptors (Lipinski definition) is 2. The van der Waals surface area contributed by atoms with Gasteiger partial charge in [0.1, 0.15) is 6.07 Å². The largest absolute Gasteiger partial charge is 0.321 e. The molecule has 0 unspecified atom stereocenters. The van der Waals surface area contributed by atoms with E-state index in [1.165, 1.54) is 0 Å². The minimum Gasteiger partial charge on any atom is -0.321 e. The van der Waals surface area contributed by atoms with Gasteiger partial charge in [0.15, 0.2) is 0 Å². The zero-order valence-corrected chi connectivity index (χ0v) is 14.0. The fourth-order valence-electron chi connectivity index (χ4n) is 2.49.